The smallest absolute Gasteiger partial charge is 0.0111 e. The van der Waals surface area contributed by atoms with Crippen LogP contribution >= 0.6 is 0 Å². The highest BCUT2D eigenvalue weighted by Crippen LogP contribution is 2.30. The van der Waals surface area contributed by atoms with Gasteiger partial charge in [-0.3, -0.25) is 0 Å². The number of nitrogens with one attached hydrogen (secondary N) is 1. The van der Waals surface area contributed by atoms with E-state index in [-0.39, 0.29) is 0 Å². The Morgan fingerprint density at radius 2 is 2.00 bits per heavy atom. The van der Waals surface area contributed by atoms with Gasteiger partial charge in [-0.1, -0.05) is 6.42 Å². The molecule has 3 N–H and O–H groups in total. The Morgan fingerprint density at radius 3 is 2.55 bits per heavy atom. The van der Waals surface area contributed by atoms with Gasteiger partial charge in [0.15, 0.2) is 0 Å². The van der Waals surface area contributed by atoms with Gasteiger partial charge in [0, 0.05) is 12.1 Å². The molecular formula is C9H18N2. The minimum atomic E-state index is 0.491. The molecule has 2 heteroatoms. The Morgan fingerprint density at radius 1 is 1.09 bits per heavy atom. The molecule has 1 saturated heterocycles. The standard InChI is InChI=1S/C9H18N2/c10-8-4-1-3-7(8)9-5-2-6-11-9/h7-9,11H,1-6,10H2. The Bertz CT molecular complexity index is 130. The molecule has 0 amide bonds. The Balaban J connectivity index is 1.92. The van der Waals surface area contributed by atoms with Crippen LogP contribution in [0.2, 0.25) is 0 Å². The molecule has 2 rings (SSSR count). The fourth-order valence-corrected chi connectivity index (χ4v) is 2.59. The zero-order valence-corrected chi connectivity index (χ0v) is 7.05. The van der Waals surface area contributed by atoms with Gasteiger partial charge in [-0.15, -0.1) is 0 Å². The summed E-state index contributed by atoms with van der Waals surface area (Å²) >= 11 is 0. The summed E-state index contributed by atoms with van der Waals surface area (Å²) in [5.74, 6) is 0.789. The van der Waals surface area contributed by atoms with E-state index in [1.165, 1.54) is 38.6 Å². The maximum Gasteiger partial charge on any atom is 0.0111 e. The first-order valence-corrected chi connectivity index (χ1v) is 4.87. The zero-order valence-electron chi connectivity index (χ0n) is 7.05. The van der Waals surface area contributed by atoms with Crippen molar-refractivity contribution < 1.29 is 0 Å². The Labute approximate surface area is 68.5 Å². The lowest BCUT2D eigenvalue weighted by molar-refractivity contribution is 0.363. The van der Waals surface area contributed by atoms with Gasteiger partial charge in [0.05, 0.1) is 0 Å². The Hall–Kier alpha value is -0.0800. The molecule has 0 spiro atoms. The van der Waals surface area contributed by atoms with Crippen molar-refractivity contribution in [2.75, 3.05) is 6.54 Å². The van der Waals surface area contributed by atoms with Crippen molar-refractivity contribution in [1.29, 1.82) is 0 Å². The Kier molecular flexibility index (Phi) is 2.14. The molecule has 1 aliphatic carbocycles. The van der Waals surface area contributed by atoms with Crippen LogP contribution < -0.4 is 11.1 Å². The first kappa shape index (κ1) is 7.56. The van der Waals surface area contributed by atoms with E-state index in [0.717, 1.165) is 12.0 Å². The van der Waals surface area contributed by atoms with Crippen molar-refractivity contribution >= 4 is 0 Å². The van der Waals surface area contributed by atoms with E-state index in [4.69, 9.17) is 5.73 Å². The molecule has 3 atom stereocenters. The van der Waals surface area contributed by atoms with E-state index in [9.17, 15) is 0 Å². The molecule has 0 aromatic heterocycles. The molecule has 1 aliphatic heterocycles. The van der Waals surface area contributed by atoms with Crippen LogP contribution in [0.3, 0.4) is 0 Å². The first-order valence-electron chi connectivity index (χ1n) is 4.87. The highest BCUT2D eigenvalue weighted by atomic mass is 15.0. The summed E-state index contributed by atoms with van der Waals surface area (Å²) in [4.78, 5) is 0. The van der Waals surface area contributed by atoms with Crippen molar-refractivity contribution in [2.45, 2.75) is 44.2 Å². The number of rotatable bonds is 1. The predicted octanol–water partition coefficient (Wildman–Crippen LogP) is 0.866. The topological polar surface area (TPSA) is 38.0 Å². The van der Waals surface area contributed by atoms with Crippen molar-refractivity contribution in [3.05, 3.63) is 0 Å². The van der Waals surface area contributed by atoms with E-state index < -0.39 is 0 Å². The van der Waals surface area contributed by atoms with Crippen LogP contribution in [-0.2, 0) is 0 Å². The molecule has 0 bridgehead atoms. The van der Waals surface area contributed by atoms with Gasteiger partial charge in [0.25, 0.3) is 0 Å². The summed E-state index contributed by atoms with van der Waals surface area (Å²) < 4.78 is 0. The van der Waals surface area contributed by atoms with Gasteiger partial charge >= 0.3 is 0 Å². The van der Waals surface area contributed by atoms with E-state index in [0.29, 0.717) is 6.04 Å². The molecule has 11 heavy (non-hydrogen) atoms. The van der Waals surface area contributed by atoms with Gasteiger partial charge in [-0.25, -0.2) is 0 Å². The molecule has 1 saturated carbocycles. The van der Waals surface area contributed by atoms with Crippen LogP contribution in [0.4, 0.5) is 0 Å². The minimum Gasteiger partial charge on any atom is -0.327 e. The number of hydrogen-bond donors (Lipinski definition) is 2. The average Bonchev–Trinajstić information content (AvgIpc) is 2.55. The second kappa shape index (κ2) is 3.11. The minimum absolute atomic E-state index is 0.491. The van der Waals surface area contributed by atoms with Gasteiger partial charge in [-0.2, -0.15) is 0 Å². The average molecular weight is 154 g/mol. The third-order valence-corrected chi connectivity index (χ3v) is 3.24. The monoisotopic (exact) mass is 154 g/mol. The highest BCUT2D eigenvalue weighted by molar-refractivity contribution is 4.91. The fraction of sp³-hybridized carbons (Fsp3) is 1.00. The highest BCUT2D eigenvalue weighted by Gasteiger charge is 2.32. The van der Waals surface area contributed by atoms with Gasteiger partial charge in [0.2, 0.25) is 0 Å². The molecule has 1 heterocycles. The van der Waals surface area contributed by atoms with Crippen LogP contribution in [0.15, 0.2) is 0 Å². The molecular weight excluding hydrogens is 136 g/mol. The molecule has 0 radical (unpaired) electrons. The quantitative estimate of drug-likeness (QED) is 0.588. The lowest BCUT2D eigenvalue weighted by Crippen LogP contribution is -2.38. The van der Waals surface area contributed by atoms with Crippen LogP contribution in [0.5, 0.6) is 0 Å². The third-order valence-electron chi connectivity index (χ3n) is 3.24. The van der Waals surface area contributed by atoms with Crippen LogP contribution in [0, 0.1) is 5.92 Å². The van der Waals surface area contributed by atoms with Gasteiger partial charge in [-0.05, 0) is 38.1 Å². The summed E-state index contributed by atoms with van der Waals surface area (Å²) in [6.45, 7) is 1.22. The second-order valence-electron chi connectivity index (χ2n) is 3.96. The van der Waals surface area contributed by atoms with Crippen molar-refractivity contribution in [3.8, 4) is 0 Å². The zero-order chi connectivity index (χ0) is 7.68. The van der Waals surface area contributed by atoms with Gasteiger partial charge < -0.3 is 11.1 Å². The first-order chi connectivity index (χ1) is 5.38. The summed E-state index contributed by atoms with van der Waals surface area (Å²) in [6.07, 6.45) is 6.68. The maximum atomic E-state index is 6.02. The van der Waals surface area contributed by atoms with E-state index >= 15 is 0 Å². The predicted molar refractivity (Wildman–Crippen MR) is 46.3 cm³/mol. The lowest BCUT2D eigenvalue weighted by atomic mass is 9.94. The van der Waals surface area contributed by atoms with E-state index in [2.05, 4.69) is 5.32 Å². The van der Waals surface area contributed by atoms with Crippen LogP contribution in [0.1, 0.15) is 32.1 Å². The van der Waals surface area contributed by atoms with Crippen molar-refractivity contribution in [3.63, 3.8) is 0 Å². The molecule has 0 aromatic rings. The van der Waals surface area contributed by atoms with E-state index in [1.807, 2.05) is 0 Å². The number of nitrogens with two attached hydrogens (primary N) is 1. The van der Waals surface area contributed by atoms with Crippen molar-refractivity contribution in [1.82, 2.24) is 5.32 Å². The summed E-state index contributed by atoms with van der Waals surface area (Å²) in [7, 11) is 0. The van der Waals surface area contributed by atoms with Crippen LogP contribution in [0.25, 0.3) is 0 Å². The summed E-state index contributed by atoms with van der Waals surface area (Å²) in [6, 6.07) is 1.25. The molecule has 2 fully saturated rings. The molecule has 2 nitrogen and oxygen atoms in total. The maximum absolute atomic E-state index is 6.02. The van der Waals surface area contributed by atoms with Gasteiger partial charge in [0.1, 0.15) is 0 Å². The summed E-state index contributed by atoms with van der Waals surface area (Å²) in [5, 5.41) is 3.55. The molecule has 0 aromatic carbocycles. The van der Waals surface area contributed by atoms with Crippen LogP contribution in [-0.4, -0.2) is 18.6 Å². The summed E-state index contributed by atoms with van der Waals surface area (Å²) in [5.41, 5.74) is 6.02. The molecule has 64 valence electrons. The molecule has 3 unspecified atom stereocenters. The van der Waals surface area contributed by atoms with E-state index in [1.54, 1.807) is 0 Å². The fourth-order valence-electron chi connectivity index (χ4n) is 2.59. The number of hydrogen-bond acceptors (Lipinski definition) is 2. The third kappa shape index (κ3) is 1.42. The SMILES string of the molecule is NC1CCCC1C1CCCN1. The normalized spacial score (nSPS) is 45.0. The molecule has 2 aliphatic rings. The lowest BCUT2D eigenvalue weighted by Gasteiger charge is -2.22. The second-order valence-corrected chi connectivity index (χ2v) is 3.96. The van der Waals surface area contributed by atoms with Crippen molar-refractivity contribution in [2.24, 2.45) is 11.7 Å². The largest absolute Gasteiger partial charge is 0.327 e.